The summed E-state index contributed by atoms with van der Waals surface area (Å²) in [6, 6.07) is 8.04. The zero-order valence-corrected chi connectivity index (χ0v) is 10.6. The number of hydrogen-bond acceptors (Lipinski definition) is 2. The van der Waals surface area contributed by atoms with Gasteiger partial charge in [0.1, 0.15) is 0 Å². The monoisotopic (exact) mass is 272 g/mol. The Balaban J connectivity index is 3.00. The number of likely N-dealkylation sites (N-methyl/N-ethyl adjacent to an activating group) is 1. The zero-order chi connectivity index (χ0) is 10.7. The molecule has 0 aromatic heterocycles. The van der Waals surface area contributed by atoms with Gasteiger partial charge in [0.2, 0.25) is 0 Å². The zero-order valence-electron chi connectivity index (χ0n) is 8.20. The number of rotatable bonds is 3. The maximum atomic E-state index is 5.69. The fourth-order valence-corrected chi connectivity index (χ4v) is 1.97. The van der Waals surface area contributed by atoms with Crippen LogP contribution in [0.4, 0.5) is 0 Å². The second-order valence-corrected chi connectivity index (χ2v) is 4.71. The summed E-state index contributed by atoms with van der Waals surface area (Å²) in [4.78, 5) is 2.50. The van der Waals surface area contributed by atoms with Crippen LogP contribution in [0.25, 0.3) is 0 Å². The molecule has 0 saturated carbocycles. The molecule has 0 aliphatic rings. The van der Waals surface area contributed by atoms with E-state index in [0.29, 0.717) is 4.99 Å². The molecule has 1 aromatic rings. The molecular formula is C10H13BrN2S. The van der Waals surface area contributed by atoms with Crippen LogP contribution in [-0.2, 0) is 0 Å². The van der Waals surface area contributed by atoms with Crippen LogP contribution in [0, 0.1) is 0 Å². The van der Waals surface area contributed by atoms with E-state index in [2.05, 4.69) is 15.9 Å². The molecule has 0 aliphatic carbocycles. The first-order chi connectivity index (χ1) is 6.52. The Hall–Kier alpha value is -0.450. The van der Waals surface area contributed by atoms with E-state index in [4.69, 9.17) is 18.0 Å². The molecule has 1 rings (SSSR count). The van der Waals surface area contributed by atoms with E-state index in [1.54, 1.807) is 0 Å². The normalized spacial score (nSPS) is 12.9. The molecule has 0 heterocycles. The van der Waals surface area contributed by atoms with Gasteiger partial charge in [-0.05, 0) is 31.8 Å². The van der Waals surface area contributed by atoms with Gasteiger partial charge >= 0.3 is 0 Å². The van der Waals surface area contributed by atoms with Crippen molar-refractivity contribution in [2.24, 2.45) is 5.73 Å². The van der Waals surface area contributed by atoms with Crippen LogP contribution in [0.5, 0.6) is 0 Å². The highest BCUT2D eigenvalue weighted by atomic mass is 79.9. The van der Waals surface area contributed by atoms with Gasteiger partial charge in [0, 0.05) is 4.47 Å². The predicted molar refractivity (Wildman–Crippen MR) is 67.4 cm³/mol. The van der Waals surface area contributed by atoms with E-state index >= 15 is 0 Å². The van der Waals surface area contributed by atoms with Gasteiger partial charge in [0.05, 0.1) is 11.0 Å². The lowest BCUT2D eigenvalue weighted by Crippen LogP contribution is -2.31. The molecule has 1 aromatic carbocycles. The summed E-state index contributed by atoms with van der Waals surface area (Å²) < 4.78 is 1.06. The quantitative estimate of drug-likeness (QED) is 0.857. The Labute approximate surface area is 98.2 Å². The van der Waals surface area contributed by atoms with Gasteiger partial charge in [-0.3, -0.25) is 4.90 Å². The van der Waals surface area contributed by atoms with Gasteiger partial charge in [-0.15, -0.1) is 0 Å². The fourth-order valence-electron chi connectivity index (χ4n) is 1.36. The number of thiocarbonyl (C=S) groups is 1. The molecule has 1 atom stereocenters. The molecule has 0 aliphatic heterocycles. The van der Waals surface area contributed by atoms with E-state index < -0.39 is 0 Å². The number of nitrogens with two attached hydrogens (primary N) is 1. The van der Waals surface area contributed by atoms with Crippen molar-refractivity contribution in [1.82, 2.24) is 4.90 Å². The van der Waals surface area contributed by atoms with Crippen molar-refractivity contribution in [2.75, 3.05) is 14.1 Å². The van der Waals surface area contributed by atoms with Gasteiger partial charge in [-0.1, -0.05) is 40.3 Å². The second-order valence-electron chi connectivity index (χ2n) is 3.32. The molecular weight excluding hydrogens is 260 g/mol. The lowest BCUT2D eigenvalue weighted by molar-refractivity contribution is 0.371. The van der Waals surface area contributed by atoms with Crippen LogP contribution in [-0.4, -0.2) is 24.0 Å². The molecule has 0 spiro atoms. The fraction of sp³-hybridized carbons (Fsp3) is 0.300. The molecule has 2 N–H and O–H groups in total. The molecule has 0 bridgehead atoms. The summed E-state index contributed by atoms with van der Waals surface area (Å²) in [6.45, 7) is 0. The van der Waals surface area contributed by atoms with E-state index in [-0.39, 0.29) is 6.04 Å². The van der Waals surface area contributed by atoms with Crippen molar-refractivity contribution >= 4 is 33.1 Å². The molecule has 1 unspecified atom stereocenters. The van der Waals surface area contributed by atoms with Crippen molar-refractivity contribution in [1.29, 1.82) is 0 Å². The number of halogens is 1. The third kappa shape index (κ3) is 2.77. The van der Waals surface area contributed by atoms with Crippen LogP contribution in [0.15, 0.2) is 28.7 Å². The highest BCUT2D eigenvalue weighted by Crippen LogP contribution is 2.20. The van der Waals surface area contributed by atoms with Crippen LogP contribution in [0.1, 0.15) is 11.6 Å². The average molecular weight is 273 g/mol. The van der Waals surface area contributed by atoms with E-state index in [9.17, 15) is 0 Å². The van der Waals surface area contributed by atoms with Crippen LogP contribution >= 0.6 is 28.1 Å². The van der Waals surface area contributed by atoms with Gasteiger partial charge in [0.15, 0.2) is 0 Å². The van der Waals surface area contributed by atoms with Crippen molar-refractivity contribution in [3.63, 3.8) is 0 Å². The maximum Gasteiger partial charge on any atom is 0.0948 e. The standard InChI is InChI=1S/C10H13BrN2S/c1-13(2)9(10(12)14)7-3-5-8(11)6-4-7/h3-6,9H,1-2H3,(H2,12,14). The van der Waals surface area contributed by atoms with Crippen molar-refractivity contribution < 1.29 is 0 Å². The third-order valence-corrected chi connectivity index (χ3v) is 2.72. The van der Waals surface area contributed by atoms with Gasteiger partial charge in [0.25, 0.3) is 0 Å². The Kier molecular flexibility index (Phi) is 4.04. The Morgan fingerprint density at radius 1 is 1.36 bits per heavy atom. The molecule has 0 saturated heterocycles. The summed E-state index contributed by atoms with van der Waals surface area (Å²) in [7, 11) is 3.93. The first kappa shape index (κ1) is 11.6. The first-order valence-corrected chi connectivity index (χ1v) is 5.43. The molecule has 76 valence electrons. The molecule has 2 nitrogen and oxygen atoms in total. The molecule has 14 heavy (non-hydrogen) atoms. The minimum absolute atomic E-state index is 0.0121. The van der Waals surface area contributed by atoms with Crippen molar-refractivity contribution in [2.45, 2.75) is 6.04 Å². The van der Waals surface area contributed by atoms with Crippen LogP contribution in [0.2, 0.25) is 0 Å². The third-order valence-electron chi connectivity index (χ3n) is 1.97. The van der Waals surface area contributed by atoms with Gasteiger partial charge in [-0.2, -0.15) is 0 Å². The topological polar surface area (TPSA) is 29.3 Å². The number of benzene rings is 1. The summed E-state index contributed by atoms with van der Waals surface area (Å²) in [5, 5.41) is 0. The SMILES string of the molecule is CN(C)C(C(N)=S)c1ccc(Br)cc1. The summed E-state index contributed by atoms with van der Waals surface area (Å²) in [5.41, 5.74) is 6.80. The largest absolute Gasteiger partial charge is 0.392 e. The Morgan fingerprint density at radius 2 is 1.86 bits per heavy atom. The summed E-state index contributed by atoms with van der Waals surface area (Å²) >= 11 is 8.42. The molecule has 0 fully saturated rings. The van der Waals surface area contributed by atoms with Crippen molar-refractivity contribution in [3.05, 3.63) is 34.3 Å². The minimum atomic E-state index is 0.0121. The molecule has 0 radical (unpaired) electrons. The van der Waals surface area contributed by atoms with Crippen LogP contribution in [0.3, 0.4) is 0 Å². The lowest BCUT2D eigenvalue weighted by Gasteiger charge is -2.23. The van der Waals surface area contributed by atoms with E-state index in [1.165, 1.54) is 0 Å². The van der Waals surface area contributed by atoms with Gasteiger partial charge in [-0.25, -0.2) is 0 Å². The Bertz CT molecular complexity index is 321. The minimum Gasteiger partial charge on any atom is -0.392 e. The van der Waals surface area contributed by atoms with Gasteiger partial charge < -0.3 is 5.73 Å². The number of nitrogens with zero attached hydrogens (tertiary/aromatic N) is 1. The highest BCUT2D eigenvalue weighted by Gasteiger charge is 2.16. The molecule has 0 amide bonds. The summed E-state index contributed by atoms with van der Waals surface area (Å²) in [6.07, 6.45) is 0. The van der Waals surface area contributed by atoms with Crippen molar-refractivity contribution in [3.8, 4) is 0 Å². The van der Waals surface area contributed by atoms with E-state index in [0.717, 1.165) is 10.0 Å². The second kappa shape index (κ2) is 4.87. The Morgan fingerprint density at radius 3 is 2.21 bits per heavy atom. The smallest absolute Gasteiger partial charge is 0.0948 e. The van der Waals surface area contributed by atoms with E-state index in [1.807, 2.05) is 43.3 Å². The summed E-state index contributed by atoms with van der Waals surface area (Å²) in [5.74, 6) is 0. The molecule has 4 heteroatoms. The average Bonchev–Trinajstić information content (AvgIpc) is 2.07. The highest BCUT2D eigenvalue weighted by molar-refractivity contribution is 9.10. The van der Waals surface area contributed by atoms with Crippen LogP contribution < -0.4 is 5.73 Å². The lowest BCUT2D eigenvalue weighted by atomic mass is 10.1. The maximum absolute atomic E-state index is 5.69. The number of hydrogen-bond donors (Lipinski definition) is 1. The predicted octanol–water partition coefficient (Wildman–Crippen LogP) is 2.34. The first-order valence-electron chi connectivity index (χ1n) is 4.23.